The molecule has 3 fully saturated rings. The van der Waals surface area contributed by atoms with E-state index in [9.17, 15) is 9.59 Å². The first-order valence-corrected chi connectivity index (χ1v) is 17.1. The number of carbonyl (C=O) groups excluding carboxylic acids is 2. The summed E-state index contributed by atoms with van der Waals surface area (Å²) >= 11 is 13.4. The highest BCUT2D eigenvalue weighted by Crippen LogP contribution is 2.44. The van der Waals surface area contributed by atoms with Crippen molar-refractivity contribution in [3.8, 4) is 16.9 Å². The molecular weight excluding hydrogens is 676 g/mol. The highest BCUT2D eigenvalue weighted by Gasteiger charge is 2.40. The highest BCUT2D eigenvalue weighted by molar-refractivity contribution is 6.40. The zero-order valence-corrected chi connectivity index (χ0v) is 29.1. The van der Waals surface area contributed by atoms with E-state index in [1.165, 1.54) is 18.1 Å². The number of ether oxygens (including phenoxy) is 5. The fraction of sp³-hybridized carbons (Fsp3) is 0.444. The standard InChI is InChI=1S/C36H38Cl2FN3O7/c1-45-35(44)27-15-30(39)26(16-31(27)42-22-7-8-23(42)19-48-18-22)25-6-4-5-21-17-41(20-49-33(21)25)34(43)32-28(37)13-24(14-29(32)38)40-11-9-36(46-2,47-3)10-12-40/h4-6,13-16,22-23H,7-12,17-20H2,1-3H3. The van der Waals surface area contributed by atoms with Crippen molar-refractivity contribution in [3.05, 3.63) is 75.0 Å². The molecule has 1 amide bonds. The van der Waals surface area contributed by atoms with Gasteiger partial charge in [0.05, 0.1) is 65.8 Å². The van der Waals surface area contributed by atoms with Crippen molar-refractivity contribution in [2.45, 2.75) is 50.1 Å². The second-order valence-electron chi connectivity index (χ2n) is 12.8. The van der Waals surface area contributed by atoms with E-state index in [0.717, 1.165) is 18.5 Å². The number of anilines is 2. The van der Waals surface area contributed by atoms with E-state index in [-0.39, 0.29) is 58.0 Å². The van der Waals surface area contributed by atoms with Gasteiger partial charge in [-0.25, -0.2) is 9.18 Å². The molecule has 0 aliphatic carbocycles. The largest absolute Gasteiger partial charge is 0.472 e. The second-order valence-corrected chi connectivity index (χ2v) is 13.6. The lowest BCUT2D eigenvalue weighted by molar-refractivity contribution is -0.216. The van der Waals surface area contributed by atoms with Crippen molar-refractivity contribution in [1.82, 2.24) is 4.90 Å². The van der Waals surface area contributed by atoms with Crippen molar-refractivity contribution in [3.63, 3.8) is 0 Å². The van der Waals surface area contributed by atoms with Gasteiger partial charge in [-0.2, -0.15) is 0 Å². The molecule has 2 bridgehead atoms. The van der Waals surface area contributed by atoms with Gasteiger partial charge in [0.1, 0.15) is 11.6 Å². The molecule has 13 heteroatoms. The molecule has 0 saturated carbocycles. The van der Waals surface area contributed by atoms with Gasteiger partial charge in [0.25, 0.3) is 5.91 Å². The molecule has 2 atom stereocenters. The van der Waals surface area contributed by atoms with E-state index < -0.39 is 17.6 Å². The van der Waals surface area contributed by atoms with Gasteiger partial charge < -0.3 is 38.4 Å². The molecule has 3 saturated heterocycles. The first-order valence-electron chi connectivity index (χ1n) is 16.3. The van der Waals surface area contributed by atoms with E-state index in [4.69, 9.17) is 46.9 Å². The molecule has 10 nitrogen and oxygen atoms in total. The third-order valence-electron chi connectivity index (χ3n) is 10.3. The quantitative estimate of drug-likeness (QED) is 0.200. The van der Waals surface area contributed by atoms with Gasteiger partial charge in [-0.15, -0.1) is 0 Å². The Kier molecular flexibility index (Phi) is 9.40. The lowest BCUT2D eigenvalue weighted by atomic mass is 9.96. The van der Waals surface area contributed by atoms with Crippen LogP contribution in [0.3, 0.4) is 0 Å². The zero-order chi connectivity index (χ0) is 34.4. The number of benzene rings is 3. The average molecular weight is 715 g/mol. The van der Waals surface area contributed by atoms with Crippen LogP contribution in [0.2, 0.25) is 10.0 Å². The van der Waals surface area contributed by atoms with Crippen LogP contribution in [0.5, 0.6) is 5.75 Å². The summed E-state index contributed by atoms with van der Waals surface area (Å²) in [6.45, 7) is 2.51. The first-order chi connectivity index (χ1) is 23.7. The third-order valence-corrected chi connectivity index (χ3v) is 10.9. The van der Waals surface area contributed by atoms with E-state index >= 15 is 4.39 Å². The maximum absolute atomic E-state index is 15.9. The van der Waals surface area contributed by atoms with Crippen LogP contribution >= 0.6 is 23.2 Å². The number of hydrogen-bond acceptors (Lipinski definition) is 9. The maximum atomic E-state index is 15.9. The molecular formula is C36H38Cl2FN3O7. The predicted molar refractivity (Wildman–Crippen MR) is 183 cm³/mol. The van der Waals surface area contributed by atoms with Crippen LogP contribution in [0, 0.1) is 5.82 Å². The first kappa shape index (κ1) is 33.9. The molecule has 0 aromatic heterocycles. The van der Waals surface area contributed by atoms with E-state index in [1.807, 2.05) is 6.07 Å². The van der Waals surface area contributed by atoms with Gasteiger partial charge in [0, 0.05) is 62.5 Å². The maximum Gasteiger partial charge on any atom is 0.340 e. The van der Waals surface area contributed by atoms with Crippen LogP contribution in [0.4, 0.5) is 15.8 Å². The number of methoxy groups -OCH3 is 3. The van der Waals surface area contributed by atoms with E-state index in [1.54, 1.807) is 44.6 Å². The Labute approximate surface area is 294 Å². The molecule has 49 heavy (non-hydrogen) atoms. The normalized spacial score (nSPS) is 21.3. The van der Waals surface area contributed by atoms with Crippen LogP contribution in [-0.2, 0) is 25.5 Å². The number of fused-ring (bicyclic) bond motifs is 3. The molecule has 0 N–H and O–H groups in total. The molecule has 260 valence electrons. The molecule has 4 aliphatic heterocycles. The molecule has 3 aromatic rings. The van der Waals surface area contributed by atoms with Crippen LogP contribution in [0.15, 0.2) is 42.5 Å². The summed E-state index contributed by atoms with van der Waals surface area (Å²) in [5.74, 6) is -1.72. The Morgan fingerprint density at radius 1 is 0.939 bits per heavy atom. The Morgan fingerprint density at radius 2 is 1.61 bits per heavy atom. The number of morpholine rings is 1. The van der Waals surface area contributed by atoms with Gasteiger partial charge >= 0.3 is 5.97 Å². The van der Waals surface area contributed by atoms with Crippen LogP contribution < -0.4 is 14.5 Å². The third kappa shape index (κ3) is 6.10. The summed E-state index contributed by atoms with van der Waals surface area (Å²) in [5, 5.41) is 0.472. The summed E-state index contributed by atoms with van der Waals surface area (Å²) in [4.78, 5) is 32.5. The number of amides is 1. The molecule has 0 radical (unpaired) electrons. The molecule has 3 aromatic carbocycles. The topological polar surface area (TPSA) is 90.0 Å². The van der Waals surface area contributed by atoms with Crippen molar-refractivity contribution in [2.24, 2.45) is 0 Å². The number of esters is 1. The summed E-state index contributed by atoms with van der Waals surface area (Å²) < 4.78 is 44.1. The SMILES string of the molecule is COC(=O)c1cc(F)c(-c2cccc3c2OCN(C(=O)c2c(Cl)cc(N4CCC(OC)(OC)CC4)cc2Cl)C3)cc1N1C2CCC1COC2. The zero-order valence-electron chi connectivity index (χ0n) is 27.6. The molecule has 7 rings (SSSR count). The summed E-state index contributed by atoms with van der Waals surface area (Å²) in [5.41, 5.74) is 3.28. The van der Waals surface area contributed by atoms with E-state index in [0.29, 0.717) is 61.7 Å². The number of hydrogen-bond donors (Lipinski definition) is 0. The molecule has 4 aliphatic rings. The van der Waals surface area contributed by atoms with Crippen molar-refractivity contribution in [2.75, 3.05) is 64.2 Å². The number of para-hydroxylation sites is 1. The minimum absolute atomic E-state index is 0.0827. The monoisotopic (exact) mass is 713 g/mol. The van der Waals surface area contributed by atoms with Crippen molar-refractivity contribution in [1.29, 1.82) is 0 Å². The predicted octanol–water partition coefficient (Wildman–Crippen LogP) is 6.54. The Morgan fingerprint density at radius 3 is 2.24 bits per heavy atom. The van der Waals surface area contributed by atoms with Crippen LogP contribution in [0.1, 0.15) is 52.0 Å². The van der Waals surface area contributed by atoms with Gasteiger partial charge in [-0.1, -0.05) is 41.4 Å². The number of piperidine rings is 1. The molecule has 2 unspecified atom stereocenters. The number of rotatable bonds is 7. The smallest absolute Gasteiger partial charge is 0.340 e. The summed E-state index contributed by atoms with van der Waals surface area (Å²) in [6, 6.07) is 12.0. The fourth-order valence-electron chi connectivity index (χ4n) is 7.60. The van der Waals surface area contributed by atoms with Crippen molar-refractivity contribution >= 4 is 46.5 Å². The fourth-order valence-corrected chi connectivity index (χ4v) is 8.23. The van der Waals surface area contributed by atoms with Crippen molar-refractivity contribution < 1.29 is 37.7 Å². The van der Waals surface area contributed by atoms with Gasteiger partial charge in [0.15, 0.2) is 12.5 Å². The summed E-state index contributed by atoms with van der Waals surface area (Å²) in [7, 11) is 4.58. The lowest BCUT2D eigenvalue weighted by Crippen LogP contribution is -2.46. The van der Waals surface area contributed by atoms with Crippen LogP contribution in [-0.4, -0.2) is 89.0 Å². The number of carbonyl (C=O) groups is 2. The lowest BCUT2D eigenvalue weighted by Gasteiger charge is -2.40. The number of nitrogens with zero attached hydrogens (tertiary/aromatic N) is 3. The van der Waals surface area contributed by atoms with Crippen LogP contribution in [0.25, 0.3) is 11.1 Å². The summed E-state index contributed by atoms with van der Waals surface area (Å²) in [6.07, 6.45) is 3.17. The minimum Gasteiger partial charge on any atom is -0.472 e. The van der Waals surface area contributed by atoms with Gasteiger partial charge in [-0.3, -0.25) is 4.79 Å². The Balaban J connectivity index is 1.15. The Bertz CT molecular complexity index is 1740. The Hall–Kier alpha value is -3.61. The average Bonchev–Trinajstić information content (AvgIpc) is 3.36. The number of halogens is 3. The van der Waals surface area contributed by atoms with E-state index in [2.05, 4.69) is 9.80 Å². The molecule has 0 spiro atoms. The minimum atomic E-state index is -0.618. The second kappa shape index (κ2) is 13.6. The van der Waals surface area contributed by atoms with Gasteiger partial charge in [0.2, 0.25) is 0 Å². The highest BCUT2D eigenvalue weighted by atomic mass is 35.5. The molecule has 4 heterocycles. The van der Waals surface area contributed by atoms with Gasteiger partial charge in [-0.05, 0) is 37.1 Å².